The van der Waals surface area contributed by atoms with Crippen LogP contribution in [-0.4, -0.2) is 19.5 Å². The van der Waals surface area contributed by atoms with E-state index in [0.717, 1.165) is 27.5 Å². The van der Waals surface area contributed by atoms with Crippen LogP contribution in [0, 0.1) is 0 Å². The summed E-state index contributed by atoms with van der Waals surface area (Å²) < 4.78 is 79.3. The minimum atomic E-state index is -0.521. The standard InChI is InChI=1S/C45H28N4O/c1-3-14-29(15-4-1)43-46-44(30-16-5-2-6-17-30)48-45(47-43)37-27-26-31(32-21-13-22-36-35-20-9-12-25-41(35)50-42(32)36)28-40(37)49-38-23-10-7-18-33(38)34-19-8-11-24-39(34)49/h1-28H/i7D,8D,10D,11D,18D,19D,23D,24D. The second-order valence-corrected chi connectivity index (χ2v) is 11.8. The third kappa shape index (κ3) is 4.52. The van der Waals surface area contributed by atoms with Crippen LogP contribution in [0.25, 0.3) is 94.7 Å². The van der Waals surface area contributed by atoms with E-state index in [-0.39, 0.29) is 27.6 Å². The Bertz CT molecular complexity index is 3200. The number of para-hydroxylation sites is 4. The van der Waals surface area contributed by atoms with Crippen molar-refractivity contribution in [3.63, 3.8) is 0 Å². The summed E-state index contributed by atoms with van der Waals surface area (Å²) in [6.45, 7) is 0. The van der Waals surface area contributed by atoms with Crippen LogP contribution in [0.1, 0.15) is 11.0 Å². The lowest BCUT2D eigenvalue weighted by atomic mass is 9.99. The molecule has 0 aliphatic heterocycles. The first-order valence-corrected chi connectivity index (χ1v) is 16.1. The van der Waals surface area contributed by atoms with Crippen LogP contribution in [0.3, 0.4) is 0 Å². The maximum Gasteiger partial charge on any atom is 0.166 e. The molecule has 234 valence electrons. The van der Waals surface area contributed by atoms with Crippen LogP contribution in [0.4, 0.5) is 0 Å². The molecule has 0 saturated carbocycles. The second-order valence-electron chi connectivity index (χ2n) is 11.8. The van der Waals surface area contributed by atoms with Crippen LogP contribution < -0.4 is 0 Å². The highest BCUT2D eigenvalue weighted by Crippen LogP contribution is 2.41. The lowest BCUT2D eigenvalue weighted by molar-refractivity contribution is 0.670. The molecule has 0 atom stereocenters. The van der Waals surface area contributed by atoms with Gasteiger partial charge < -0.3 is 8.98 Å². The van der Waals surface area contributed by atoms with Crippen molar-refractivity contribution in [3.05, 3.63) is 170 Å². The largest absolute Gasteiger partial charge is 0.455 e. The molecule has 0 amide bonds. The van der Waals surface area contributed by atoms with Gasteiger partial charge in [0.1, 0.15) is 11.2 Å². The van der Waals surface area contributed by atoms with Gasteiger partial charge in [-0.05, 0) is 35.8 Å². The molecule has 7 aromatic carbocycles. The lowest BCUT2D eigenvalue weighted by Gasteiger charge is -2.16. The summed E-state index contributed by atoms with van der Waals surface area (Å²) in [6.07, 6.45) is 0. The van der Waals surface area contributed by atoms with Crippen molar-refractivity contribution in [2.45, 2.75) is 0 Å². The zero-order chi connectivity index (χ0) is 40.0. The Balaban J connectivity index is 1.38. The molecule has 5 nitrogen and oxygen atoms in total. The van der Waals surface area contributed by atoms with Gasteiger partial charge in [0.25, 0.3) is 0 Å². The Morgan fingerprint density at radius 3 is 1.72 bits per heavy atom. The normalized spacial score (nSPS) is 13.8. The number of rotatable bonds is 5. The van der Waals surface area contributed by atoms with Gasteiger partial charge in [0.05, 0.1) is 27.7 Å². The number of furan rings is 1. The minimum absolute atomic E-state index is 0.0195. The highest BCUT2D eigenvalue weighted by molar-refractivity contribution is 6.11. The summed E-state index contributed by atoms with van der Waals surface area (Å²) in [5.41, 5.74) is 4.90. The summed E-state index contributed by atoms with van der Waals surface area (Å²) >= 11 is 0. The molecule has 0 spiro atoms. The van der Waals surface area contributed by atoms with E-state index in [0.29, 0.717) is 39.6 Å². The summed E-state index contributed by atoms with van der Waals surface area (Å²) in [7, 11) is 0. The maximum absolute atomic E-state index is 9.27. The lowest BCUT2D eigenvalue weighted by Crippen LogP contribution is -2.04. The van der Waals surface area contributed by atoms with Crippen LogP contribution in [0.5, 0.6) is 0 Å². The number of nitrogens with zero attached hydrogens (tertiary/aromatic N) is 4. The fourth-order valence-corrected chi connectivity index (χ4v) is 6.64. The predicted octanol–water partition coefficient (Wildman–Crippen LogP) is 11.5. The van der Waals surface area contributed by atoms with Gasteiger partial charge in [0.2, 0.25) is 0 Å². The van der Waals surface area contributed by atoms with Gasteiger partial charge in [0, 0.05) is 43.8 Å². The van der Waals surface area contributed by atoms with Gasteiger partial charge >= 0.3 is 0 Å². The third-order valence-electron chi connectivity index (χ3n) is 8.93. The fraction of sp³-hybridized carbons (Fsp3) is 0. The summed E-state index contributed by atoms with van der Waals surface area (Å²) in [4.78, 5) is 14.9. The van der Waals surface area contributed by atoms with E-state index < -0.39 is 48.3 Å². The molecule has 50 heavy (non-hydrogen) atoms. The van der Waals surface area contributed by atoms with Gasteiger partial charge in [-0.2, -0.15) is 0 Å². The molecular formula is C45H28N4O. The van der Waals surface area contributed by atoms with E-state index in [1.165, 1.54) is 4.57 Å². The Morgan fingerprint density at radius 2 is 1.04 bits per heavy atom. The van der Waals surface area contributed by atoms with E-state index in [4.69, 9.17) is 27.6 Å². The second kappa shape index (κ2) is 11.4. The van der Waals surface area contributed by atoms with E-state index in [1.807, 2.05) is 121 Å². The third-order valence-corrected chi connectivity index (χ3v) is 8.93. The fourth-order valence-electron chi connectivity index (χ4n) is 6.64. The summed E-state index contributed by atoms with van der Waals surface area (Å²) in [5, 5.41) is 1.78. The number of hydrogen-bond acceptors (Lipinski definition) is 4. The highest BCUT2D eigenvalue weighted by Gasteiger charge is 2.21. The monoisotopic (exact) mass is 648 g/mol. The smallest absolute Gasteiger partial charge is 0.166 e. The molecule has 0 saturated heterocycles. The van der Waals surface area contributed by atoms with Crippen molar-refractivity contribution in [3.8, 4) is 51.0 Å². The molecule has 10 aromatic rings. The van der Waals surface area contributed by atoms with Gasteiger partial charge in [-0.25, -0.2) is 15.0 Å². The Labute approximate surface area is 299 Å². The van der Waals surface area contributed by atoms with Crippen molar-refractivity contribution in [1.29, 1.82) is 0 Å². The van der Waals surface area contributed by atoms with E-state index in [1.54, 1.807) is 0 Å². The molecule has 0 N–H and O–H groups in total. The van der Waals surface area contributed by atoms with E-state index >= 15 is 0 Å². The van der Waals surface area contributed by atoms with Crippen LogP contribution in [0.15, 0.2) is 174 Å². The quantitative estimate of drug-likeness (QED) is 0.186. The highest BCUT2D eigenvalue weighted by atomic mass is 16.3. The average molecular weight is 649 g/mol. The molecule has 0 aliphatic carbocycles. The molecule has 5 heteroatoms. The maximum atomic E-state index is 9.27. The van der Waals surface area contributed by atoms with Crippen molar-refractivity contribution in [2.75, 3.05) is 0 Å². The van der Waals surface area contributed by atoms with Crippen molar-refractivity contribution < 1.29 is 15.4 Å². The molecule has 10 rings (SSSR count). The number of fused-ring (bicyclic) bond motifs is 6. The van der Waals surface area contributed by atoms with Crippen molar-refractivity contribution >= 4 is 43.7 Å². The van der Waals surface area contributed by atoms with Crippen LogP contribution in [0.2, 0.25) is 0 Å². The van der Waals surface area contributed by atoms with E-state index in [9.17, 15) is 2.74 Å². The first-order valence-electron chi connectivity index (χ1n) is 20.1. The van der Waals surface area contributed by atoms with Gasteiger partial charge in [0.15, 0.2) is 17.5 Å². The molecule has 0 bridgehead atoms. The van der Waals surface area contributed by atoms with E-state index in [2.05, 4.69) is 0 Å². The molecule has 0 fully saturated rings. The zero-order valence-electron chi connectivity index (χ0n) is 34.2. The molecule has 0 unspecified atom stereocenters. The first-order chi connectivity index (χ1) is 28.1. The number of benzene rings is 7. The Hall–Kier alpha value is -6.85. The molecule has 0 aliphatic rings. The van der Waals surface area contributed by atoms with Crippen LogP contribution in [-0.2, 0) is 0 Å². The molecule has 3 heterocycles. The number of aromatic nitrogens is 4. The SMILES string of the molecule is [2H]c1c([2H])c([2H])c2c(c1[2H])c1c([2H])c([2H])c([2H])c([2H])c1n2-c1cc(-c2cccc3c2oc2ccccc23)ccc1-c1nc(-c2ccccc2)nc(-c2ccccc2)n1. The Morgan fingerprint density at radius 1 is 0.460 bits per heavy atom. The van der Waals surface area contributed by atoms with Crippen molar-refractivity contribution in [2.24, 2.45) is 0 Å². The summed E-state index contributed by atoms with van der Waals surface area (Å²) in [6, 6.07) is 34.3. The van der Waals surface area contributed by atoms with Gasteiger partial charge in [-0.15, -0.1) is 0 Å². The van der Waals surface area contributed by atoms with Gasteiger partial charge in [-0.1, -0.05) is 139 Å². The Kier molecular flexibility index (Phi) is 4.83. The topological polar surface area (TPSA) is 56.7 Å². The zero-order valence-corrected chi connectivity index (χ0v) is 26.2. The number of hydrogen-bond donors (Lipinski definition) is 0. The van der Waals surface area contributed by atoms with Crippen molar-refractivity contribution in [1.82, 2.24) is 19.5 Å². The van der Waals surface area contributed by atoms with Crippen LogP contribution >= 0.6 is 0 Å². The van der Waals surface area contributed by atoms with Gasteiger partial charge in [-0.3, -0.25) is 0 Å². The predicted molar refractivity (Wildman–Crippen MR) is 203 cm³/mol. The molecule has 0 radical (unpaired) electrons. The summed E-state index contributed by atoms with van der Waals surface area (Å²) in [5.74, 6) is 1.00. The minimum Gasteiger partial charge on any atom is -0.455 e. The molecular weight excluding hydrogens is 613 g/mol. The average Bonchev–Trinajstić information content (AvgIpc) is 3.83. The molecule has 3 aromatic heterocycles. The first kappa shape index (κ1) is 21.2.